The monoisotopic (exact) mass is 337 g/mol. The molecule has 3 heterocycles. The van der Waals surface area contributed by atoms with Crippen molar-refractivity contribution >= 4 is 11.5 Å². The van der Waals surface area contributed by atoms with Crippen LogP contribution in [-0.2, 0) is 4.79 Å². The summed E-state index contributed by atoms with van der Waals surface area (Å²) in [5, 5.41) is 8.27. The van der Waals surface area contributed by atoms with Crippen LogP contribution in [-0.4, -0.2) is 37.3 Å². The number of halogens is 1. The van der Waals surface area contributed by atoms with Crippen LogP contribution >= 0.6 is 0 Å². The molecule has 1 atom stereocenters. The number of pyridine rings is 1. The van der Waals surface area contributed by atoms with Gasteiger partial charge < -0.3 is 4.90 Å². The second kappa shape index (κ2) is 5.77. The first-order valence-electron chi connectivity index (χ1n) is 8.05. The molecule has 2 aromatic rings. The fourth-order valence-electron chi connectivity index (χ4n) is 3.15. The molecule has 2 aliphatic rings. The van der Waals surface area contributed by atoms with Gasteiger partial charge in [0.2, 0.25) is 11.9 Å². The van der Waals surface area contributed by atoms with Gasteiger partial charge in [0.1, 0.15) is 11.4 Å². The zero-order chi connectivity index (χ0) is 17.6. The average molecular weight is 337 g/mol. The predicted molar refractivity (Wildman–Crippen MR) is 89.9 cm³/mol. The van der Waals surface area contributed by atoms with E-state index in [-0.39, 0.29) is 17.5 Å². The summed E-state index contributed by atoms with van der Waals surface area (Å²) in [6.07, 6.45) is 8.96. The largest absolute Gasteiger partial charge is 0.318 e. The SMILES string of the molecule is CCN1C=C2C=C(c3nnn(-c4cccnc4F)c3C)C=CC2C1=O. The van der Waals surface area contributed by atoms with Gasteiger partial charge in [-0.05, 0) is 37.6 Å². The number of rotatable bonds is 3. The molecule has 126 valence electrons. The fraction of sp³-hybridized carbons (Fsp3) is 0.222. The van der Waals surface area contributed by atoms with Crippen molar-refractivity contribution in [1.29, 1.82) is 0 Å². The van der Waals surface area contributed by atoms with E-state index in [1.807, 2.05) is 38.3 Å². The van der Waals surface area contributed by atoms with E-state index in [1.54, 1.807) is 17.0 Å². The van der Waals surface area contributed by atoms with Crippen LogP contribution in [0.5, 0.6) is 0 Å². The van der Waals surface area contributed by atoms with Gasteiger partial charge in [-0.25, -0.2) is 9.67 Å². The zero-order valence-corrected chi connectivity index (χ0v) is 13.8. The Hall–Kier alpha value is -3.09. The number of fused-ring (bicyclic) bond motifs is 1. The highest BCUT2D eigenvalue weighted by Gasteiger charge is 2.32. The first-order chi connectivity index (χ1) is 12.1. The minimum Gasteiger partial charge on any atom is -0.318 e. The van der Waals surface area contributed by atoms with Gasteiger partial charge >= 0.3 is 0 Å². The summed E-state index contributed by atoms with van der Waals surface area (Å²) in [5.41, 5.74) is 3.40. The van der Waals surface area contributed by atoms with Gasteiger partial charge in [-0.2, -0.15) is 4.39 Å². The maximum atomic E-state index is 13.9. The minimum atomic E-state index is -0.599. The summed E-state index contributed by atoms with van der Waals surface area (Å²) in [7, 11) is 0. The van der Waals surface area contributed by atoms with Crippen molar-refractivity contribution in [2.24, 2.45) is 5.92 Å². The van der Waals surface area contributed by atoms with Gasteiger partial charge in [0.15, 0.2) is 0 Å². The van der Waals surface area contributed by atoms with Crippen LogP contribution in [0.1, 0.15) is 18.3 Å². The Kier molecular flexibility index (Phi) is 3.56. The molecule has 4 rings (SSSR count). The summed E-state index contributed by atoms with van der Waals surface area (Å²) >= 11 is 0. The molecule has 6 nitrogen and oxygen atoms in total. The van der Waals surface area contributed by atoms with Crippen LogP contribution in [0.25, 0.3) is 11.3 Å². The first-order valence-corrected chi connectivity index (χ1v) is 8.05. The highest BCUT2D eigenvalue weighted by Crippen LogP contribution is 2.34. The van der Waals surface area contributed by atoms with Gasteiger partial charge in [0, 0.05) is 24.5 Å². The van der Waals surface area contributed by atoms with E-state index in [0.717, 1.165) is 11.1 Å². The van der Waals surface area contributed by atoms with Gasteiger partial charge in [0.25, 0.3) is 0 Å². The standard InChI is InChI=1S/C18H16FN5O/c1-3-23-10-13-9-12(6-7-14(13)18(23)25)16-11(2)24(22-21-16)15-5-4-8-20-17(15)19/h4-10,14H,3H2,1-2H3. The molecule has 1 aliphatic heterocycles. The third-order valence-corrected chi connectivity index (χ3v) is 4.48. The van der Waals surface area contributed by atoms with E-state index < -0.39 is 5.95 Å². The van der Waals surface area contributed by atoms with E-state index in [1.165, 1.54) is 10.9 Å². The molecular weight excluding hydrogens is 321 g/mol. The van der Waals surface area contributed by atoms with Gasteiger partial charge in [-0.1, -0.05) is 17.4 Å². The van der Waals surface area contributed by atoms with Crippen molar-refractivity contribution < 1.29 is 9.18 Å². The molecule has 0 bridgehead atoms. The number of carbonyl (C=O) groups is 1. The van der Waals surface area contributed by atoms with Gasteiger partial charge in [0.05, 0.1) is 11.6 Å². The van der Waals surface area contributed by atoms with E-state index in [4.69, 9.17) is 0 Å². The zero-order valence-electron chi connectivity index (χ0n) is 13.8. The van der Waals surface area contributed by atoms with E-state index in [9.17, 15) is 9.18 Å². The lowest BCUT2D eigenvalue weighted by molar-refractivity contribution is -0.128. The molecule has 0 saturated heterocycles. The number of nitrogens with zero attached hydrogens (tertiary/aromatic N) is 5. The molecule has 2 aromatic heterocycles. The Morgan fingerprint density at radius 3 is 2.96 bits per heavy atom. The Labute approximate surface area is 144 Å². The summed E-state index contributed by atoms with van der Waals surface area (Å²) in [4.78, 5) is 17.6. The number of hydrogen-bond acceptors (Lipinski definition) is 4. The second-order valence-corrected chi connectivity index (χ2v) is 5.94. The van der Waals surface area contributed by atoms with Gasteiger partial charge in [-0.3, -0.25) is 4.79 Å². The maximum absolute atomic E-state index is 13.9. The third-order valence-electron chi connectivity index (χ3n) is 4.48. The number of hydrogen-bond donors (Lipinski definition) is 0. The first kappa shape index (κ1) is 15.4. The second-order valence-electron chi connectivity index (χ2n) is 5.94. The Balaban J connectivity index is 1.73. The number of aromatic nitrogens is 4. The lowest BCUT2D eigenvalue weighted by atomic mass is 9.91. The molecular formula is C18H16FN5O. The van der Waals surface area contributed by atoms with Crippen molar-refractivity contribution in [2.45, 2.75) is 13.8 Å². The van der Waals surface area contributed by atoms with Crippen LogP contribution < -0.4 is 0 Å². The minimum absolute atomic E-state index is 0.0851. The number of allylic oxidation sites excluding steroid dienone is 3. The van der Waals surface area contributed by atoms with Crippen molar-refractivity contribution in [1.82, 2.24) is 24.9 Å². The normalized spacial score (nSPS) is 19.1. The quantitative estimate of drug-likeness (QED) is 0.807. The smallest absolute Gasteiger partial charge is 0.238 e. The van der Waals surface area contributed by atoms with E-state index in [2.05, 4.69) is 15.3 Å². The maximum Gasteiger partial charge on any atom is 0.238 e. The topological polar surface area (TPSA) is 63.9 Å². The Bertz CT molecular complexity index is 956. The predicted octanol–water partition coefficient (Wildman–Crippen LogP) is 2.43. The molecule has 1 amide bonds. The molecule has 7 heteroatoms. The molecule has 1 aliphatic carbocycles. The van der Waals surface area contributed by atoms with Crippen molar-refractivity contribution in [2.75, 3.05) is 6.54 Å². The molecule has 0 aromatic carbocycles. The highest BCUT2D eigenvalue weighted by atomic mass is 19.1. The Morgan fingerprint density at radius 1 is 1.36 bits per heavy atom. The molecule has 0 fully saturated rings. The summed E-state index contributed by atoms with van der Waals surface area (Å²) in [5.74, 6) is -0.741. The van der Waals surface area contributed by atoms with Crippen LogP contribution in [0.4, 0.5) is 4.39 Å². The summed E-state index contributed by atoms with van der Waals surface area (Å²) in [6, 6.07) is 3.25. The molecule has 25 heavy (non-hydrogen) atoms. The summed E-state index contributed by atoms with van der Waals surface area (Å²) < 4.78 is 15.4. The third kappa shape index (κ3) is 2.39. The molecule has 0 radical (unpaired) electrons. The average Bonchev–Trinajstić information content (AvgIpc) is 3.15. The Morgan fingerprint density at radius 2 is 2.20 bits per heavy atom. The van der Waals surface area contributed by atoms with Gasteiger partial charge in [-0.15, -0.1) is 5.10 Å². The van der Waals surface area contributed by atoms with Crippen LogP contribution in [0, 0.1) is 18.8 Å². The van der Waals surface area contributed by atoms with E-state index in [0.29, 0.717) is 17.9 Å². The molecule has 0 saturated carbocycles. The molecule has 1 unspecified atom stereocenters. The number of carbonyl (C=O) groups excluding carboxylic acids is 1. The number of amides is 1. The fourth-order valence-corrected chi connectivity index (χ4v) is 3.15. The summed E-state index contributed by atoms with van der Waals surface area (Å²) in [6.45, 7) is 4.42. The van der Waals surface area contributed by atoms with Crippen LogP contribution in [0.2, 0.25) is 0 Å². The lowest BCUT2D eigenvalue weighted by Gasteiger charge is -2.14. The van der Waals surface area contributed by atoms with Crippen molar-refractivity contribution in [3.05, 3.63) is 65.7 Å². The van der Waals surface area contributed by atoms with Crippen LogP contribution in [0.15, 0.2) is 48.3 Å². The van der Waals surface area contributed by atoms with Crippen molar-refractivity contribution in [3.8, 4) is 5.69 Å². The molecule has 0 N–H and O–H groups in total. The lowest BCUT2D eigenvalue weighted by Crippen LogP contribution is -2.25. The van der Waals surface area contributed by atoms with E-state index >= 15 is 0 Å². The molecule has 0 spiro atoms. The van der Waals surface area contributed by atoms with Crippen LogP contribution in [0.3, 0.4) is 0 Å². The van der Waals surface area contributed by atoms with Crippen molar-refractivity contribution in [3.63, 3.8) is 0 Å². The highest BCUT2D eigenvalue weighted by molar-refractivity contribution is 5.92.